The van der Waals surface area contributed by atoms with Gasteiger partial charge in [-0.2, -0.15) is 4.40 Å². The van der Waals surface area contributed by atoms with Gasteiger partial charge in [0.25, 0.3) is 0 Å². The Morgan fingerprint density at radius 2 is 1.42 bits per heavy atom. The first-order chi connectivity index (χ1) is 20.0. The minimum absolute atomic E-state index is 0.160. The highest BCUT2D eigenvalue weighted by atomic mass is 79.9. The van der Waals surface area contributed by atoms with E-state index in [-0.39, 0.29) is 16.8 Å². The number of methoxy groups -OCH3 is 2. The van der Waals surface area contributed by atoms with E-state index in [9.17, 15) is 18.0 Å². The van der Waals surface area contributed by atoms with Crippen molar-refractivity contribution >= 4 is 56.1 Å². The number of benzene rings is 2. The number of alkyl halides is 1. The number of hydrogen-bond donors (Lipinski definition) is 1. The van der Waals surface area contributed by atoms with Gasteiger partial charge in [0.1, 0.15) is 11.0 Å². The second-order valence-electron chi connectivity index (χ2n) is 10.8. The number of esters is 2. The molecule has 0 fully saturated rings. The first-order valence-electron chi connectivity index (χ1n) is 13.3. The normalized spacial score (nSPS) is 13.2. The lowest BCUT2D eigenvalue weighted by Gasteiger charge is -2.24. The first-order valence-corrected chi connectivity index (χ1v) is 16.7. The SMILES string of the molecule is C=CCBr.C=CC[C@@H](N[S@@](=O)C(C)(C)C)c1cccc(C(=O)OC)c1.COC(=O)c1cccc(C=N[S@@](=O)C(C)(C)C)c1. The van der Waals surface area contributed by atoms with Gasteiger partial charge < -0.3 is 9.47 Å². The van der Waals surface area contributed by atoms with Crippen molar-refractivity contribution in [3.8, 4) is 0 Å². The second kappa shape index (κ2) is 20.3. The van der Waals surface area contributed by atoms with E-state index in [4.69, 9.17) is 4.74 Å². The Balaban J connectivity index is 0.000000736. The van der Waals surface area contributed by atoms with E-state index in [0.29, 0.717) is 17.5 Å². The number of carbonyl (C=O) groups is 2. The molecule has 0 radical (unpaired) electrons. The van der Waals surface area contributed by atoms with Crippen molar-refractivity contribution in [2.75, 3.05) is 19.5 Å². The van der Waals surface area contributed by atoms with Gasteiger partial charge in [-0.05, 0) is 83.4 Å². The highest BCUT2D eigenvalue weighted by molar-refractivity contribution is 9.09. The van der Waals surface area contributed by atoms with Gasteiger partial charge in [-0.25, -0.2) is 22.7 Å². The molecule has 0 spiro atoms. The minimum Gasteiger partial charge on any atom is -0.465 e. The summed E-state index contributed by atoms with van der Waals surface area (Å²) in [5, 5.41) is 0.896. The van der Waals surface area contributed by atoms with Crippen LogP contribution in [-0.2, 0) is 31.4 Å². The zero-order valence-corrected chi connectivity index (χ0v) is 29.6. The van der Waals surface area contributed by atoms with Gasteiger partial charge in [-0.1, -0.05) is 52.3 Å². The summed E-state index contributed by atoms with van der Waals surface area (Å²) in [6, 6.07) is 13.8. The Labute approximate surface area is 270 Å². The number of ether oxygens (including phenoxy) is 2. The van der Waals surface area contributed by atoms with Crippen LogP contribution in [0.25, 0.3) is 0 Å². The average Bonchev–Trinajstić information content (AvgIpc) is 2.98. The molecule has 0 saturated heterocycles. The Morgan fingerprint density at radius 1 is 0.907 bits per heavy atom. The molecule has 8 nitrogen and oxygen atoms in total. The molecule has 0 saturated carbocycles. The standard InChI is InChI=1S/C16H23NO3S.C13H17NO3S.C3H5Br/c1-6-8-14(17-21(19)16(2,3)4)12-9-7-10-13(11-12)15(18)20-5;1-13(2,3)18(16)14-9-10-6-5-7-11(8-10)12(15)17-4;1-2-3-4/h6-7,9-11,14,17H,1,8H2,2-5H3;5-9H,1-4H3;2H,1,3H2/t14-,21+;18-;/m10./s1. The molecule has 0 unspecified atom stereocenters. The summed E-state index contributed by atoms with van der Waals surface area (Å²) in [4.78, 5) is 22.9. The average molecular weight is 698 g/mol. The van der Waals surface area contributed by atoms with E-state index in [0.717, 1.165) is 16.5 Å². The predicted molar refractivity (Wildman–Crippen MR) is 184 cm³/mol. The van der Waals surface area contributed by atoms with Gasteiger partial charge in [0.2, 0.25) is 0 Å². The molecule has 11 heteroatoms. The van der Waals surface area contributed by atoms with E-state index < -0.39 is 32.7 Å². The number of rotatable bonds is 10. The number of halogens is 1. The van der Waals surface area contributed by atoms with Crippen LogP contribution >= 0.6 is 15.9 Å². The highest BCUT2D eigenvalue weighted by Gasteiger charge is 2.23. The van der Waals surface area contributed by atoms with Crippen LogP contribution in [-0.4, -0.2) is 55.6 Å². The third kappa shape index (κ3) is 16.1. The third-order valence-electron chi connectivity index (χ3n) is 5.16. The molecule has 1 N–H and O–H groups in total. The molecule has 0 bridgehead atoms. The van der Waals surface area contributed by atoms with Gasteiger partial charge >= 0.3 is 11.9 Å². The molecule has 238 valence electrons. The summed E-state index contributed by atoms with van der Waals surface area (Å²) in [6.07, 6.45) is 5.68. The number of nitrogens with one attached hydrogen (secondary N) is 1. The fourth-order valence-electron chi connectivity index (χ4n) is 2.86. The molecule has 0 aliphatic heterocycles. The Morgan fingerprint density at radius 3 is 1.86 bits per heavy atom. The zero-order chi connectivity index (χ0) is 33.2. The molecular weight excluding hydrogens is 652 g/mol. The first kappa shape index (κ1) is 40.3. The van der Waals surface area contributed by atoms with E-state index in [1.807, 2.05) is 47.6 Å². The summed E-state index contributed by atoms with van der Waals surface area (Å²) in [5.41, 5.74) is 2.53. The van der Waals surface area contributed by atoms with Crippen LogP contribution in [0.4, 0.5) is 0 Å². The molecular formula is C32H45BrN2O6S2. The quantitative estimate of drug-likeness (QED) is 0.123. The van der Waals surface area contributed by atoms with E-state index in [2.05, 4.69) is 42.9 Å². The lowest BCUT2D eigenvalue weighted by atomic mass is 10.0. The Kier molecular flexibility index (Phi) is 19.0. The van der Waals surface area contributed by atoms with E-state index in [1.54, 1.807) is 54.6 Å². The van der Waals surface area contributed by atoms with Gasteiger partial charge in [-0.3, -0.25) is 0 Å². The second-order valence-corrected chi connectivity index (χ2v) is 15.4. The molecule has 0 aliphatic carbocycles. The Bertz CT molecular complexity index is 1280. The lowest BCUT2D eigenvalue weighted by molar-refractivity contribution is 0.0592. The summed E-state index contributed by atoms with van der Waals surface area (Å²) >= 11 is 3.13. The topological polar surface area (TPSA) is 111 Å². The van der Waals surface area contributed by atoms with Crippen molar-refractivity contribution in [2.45, 2.75) is 63.5 Å². The summed E-state index contributed by atoms with van der Waals surface area (Å²) in [7, 11) is 0.175. The van der Waals surface area contributed by atoms with E-state index >= 15 is 0 Å². The fourth-order valence-corrected chi connectivity index (χ4v) is 4.23. The number of hydrogen-bond acceptors (Lipinski definition) is 6. The van der Waals surface area contributed by atoms with Crippen molar-refractivity contribution in [2.24, 2.45) is 4.40 Å². The van der Waals surface area contributed by atoms with Crippen molar-refractivity contribution in [1.82, 2.24) is 4.72 Å². The maximum atomic E-state index is 12.3. The van der Waals surface area contributed by atoms with Gasteiger partial charge in [-0.15, -0.1) is 13.2 Å². The largest absolute Gasteiger partial charge is 0.465 e. The molecule has 0 amide bonds. The molecule has 2 aromatic carbocycles. The summed E-state index contributed by atoms with van der Waals surface area (Å²) in [5.74, 6) is -0.784. The van der Waals surface area contributed by atoms with E-state index in [1.165, 1.54) is 20.4 Å². The van der Waals surface area contributed by atoms with Gasteiger partial charge in [0, 0.05) is 17.6 Å². The predicted octanol–water partition coefficient (Wildman–Crippen LogP) is 7.06. The van der Waals surface area contributed by atoms with Crippen molar-refractivity contribution in [3.05, 3.63) is 96.1 Å². The lowest BCUT2D eigenvalue weighted by Crippen LogP contribution is -2.35. The van der Waals surface area contributed by atoms with Crippen LogP contribution in [0.1, 0.15) is 85.8 Å². The van der Waals surface area contributed by atoms with Crippen LogP contribution in [0.15, 0.2) is 78.2 Å². The van der Waals surface area contributed by atoms with Gasteiger partial charge in [0.05, 0.1) is 45.8 Å². The number of nitrogens with zero attached hydrogens (tertiary/aromatic N) is 1. The maximum absolute atomic E-state index is 12.3. The van der Waals surface area contributed by atoms with Crippen LogP contribution in [0, 0.1) is 0 Å². The minimum atomic E-state index is -1.30. The molecule has 2 rings (SSSR count). The molecule has 2 aromatic rings. The number of carbonyl (C=O) groups excluding carboxylic acids is 2. The molecule has 3 atom stereocenters. The molecule has 0 aliphatic rings. The smallest absolute Gasteiger partial charge is 0.337 e. The fraction of sp³-hybridized carbons (Fsp3) is 0.406. The van der Waals surface area contributed by atoms with Crippen molar-refractivity contribution in [1.29, 1.82) is 0 Å². The molecule has 0 heterocycles. The van der Waals surface area contributed by atoms with Crippen LogP contribution < -0.4 is 4.72 Å². The monoisotopic (exact) mass is 696 g/mol. The number of allylic oxidation sites excluding steroid dienone is 1. The highest BCUT2D eigenvalue weighted by Crippen LogP contribution is 2.22. The van der Waals surface area contributed by atoms with Crippen LogP contribution in [0.5, 0.6) is 0 Å². The van der Waals surface area contributed by atoms with Crippen molar-refractivity contribution in [3.63, 3.8) is 0 Å². The van der Waals surface area contributed by atoms with Gasteiger partial charge in [0.15, 0.2) is 0 Å². The van der Waals surface area contributed by atoms with Crippen molar-refractivity contribution < 1.29 is 27.5 Å². The Hall–Kier alpha value is -2.73. The summed E-state index contributed by atoms with van der Waals surface area (Å²) < 4.78 is 39.7. The van der Waals surface area contributed by atoms with Crippen LogP contribution in [0.3, 0.4) is 0 Å². The van der Waals surface area contributed by atoms with Crippen LogP contribution in [0.2, 0.25) is 0 Å². The molecule has 43 heavy (non-hydrogen) atoms. The summed E-state index contributed by atoms with van der Waals surface area (Å²) in [6.45, 7) is 18.5. The maximum Gasteiger partial charge on any atom is 0.337 e. The molecule has 0 aromatic heterocycles. The third-order valence-corrected chi connectivity index (χ3v) is 8.57. The zero-order valence-electron chi connectivity index (χ0n) is 26.3.